The molecule has 3 aromatic carbocycles. The molecule has 0 bridgehead atoms. The number of para-hydroxylation sites is 1. The molecule has 4 rings (SSSR count). The molecule has 0 saturated carbocycles. The smallest absolute Gasteiger partial charge is 0.328 e. The highest BCUT2D eigenvalue weighted by atomic mass is 35.5. The van der Waals surface area contributed by atoms with Crippen molar-refractivity contribution in [1.29, 1.82) is 0 Å². The molecule has 4 aromatic rings. The van der Waals surface area contributed by atoms with E-state index in [9.17, 15) is 22.8 Å². The van der Waals surface area contributed by atoms with Crippen LogP contribution in [0.3, 0.4) is 0 Å². The molecule has 3 N–H and O–H groups in total. The van der Waals surface area contributed by atoms with Gasteiger partial charge in [-0.25, -0.2) is 18.0 Å². The fourth-order valence-electron chi connectivity index (χ4n) is 3.96. The van der Waals surface area contributed by atoms with E-state index in [1.54, 1.807) is 54.6 Å². The number of halogens is 2. The maximum absolute atomic E-state index is 13.2. The van der Waals surface area contributed by atoms with E-state index in [0.717, 1.165) is 0 Å². The number of esters is 1. The summed E-state index contributed by atoms with van der Waals surface area (Å²) in [4.78, 5) is 41.8. The summed E-state index contributed by atoms with van der Waals surface area (Å²) in [5.41, 5.74) is 1.19. The zero-order chi connectivity index (χ0) is 30.3. The van der Waals surface area contributed by atoms with Gasteiger partial charge in [0.15, 0.2) is 0 Å². The van der Waals surface area contributed by atoms with Gasteiger partial charge in [-0.05, 0) is 42.0 Å². The highest BCUT2D eigenvalue weighted by Crippen LogP contribution is 2.28. The van der Waals surface area contributed by atoms with Crippen molar-refractivity contribution in [3.8, 4) is 0 Å². The van der Waals surface area contributed by atoms with Crippen LogP contribution in [0, 0.1) is 0 Å². The molecule has 0 aliphatic rings. The Morgan fingerprint density at radius 1 is 0.857 bits per heavy atom. The van der Waals surface area contributed by atoms with E-state index < -0.39 is 33.8 Å². The third kappa shape index (κ3) is 7.24. The predicted octanol–water partition coefficient (Wildman–Crippen LogP) is 5.38. The number of amides is 3. The van der Waals surface area contributed by atoms with Crippen molar-refractivity contribution in [2.75, 3.05) is 17.7 Å². The van der Waals surface area contributed by atoms with Crippen LogP contribution in [0.4, 0.5) is 16.2 Å². The number of urea groups is 1. The van der Waals surface area contributed by atoms with Gasteiger partial charge in [0, 0.05) is 24.5 Å². The van der Waals surface area contributed by atoms with Gasteiger partial charge in [-0.2, -0.15) is 0 Å². The number of benzene rings is 3. The Kier molecular flexibility index (Phi) is 9.79. The van der Waals surface area contributed by atoms with Gasteiger partial charge < -0.3 is 20.7 Å². The van der Waals surface area contributed by atoms with E-state index in [1.807, 2.05) is 0 Å². The van der Waals surface area contributed by atoms with Crippen LogP contribution in [-0.4, -0.2) is 44.5 Å². The molecule has 1 unspecified atom stereocenters. The average molecular weight is 628 g/mol. The second kappa shape index (κ2) is 13.5. The summed E-state index contributed by atoms with van der Waals surface area (Å²) in [7, 11) is -2.75. The van der Waals surface area contributed by atoms with Crippen LogP contribution in [0.2, 0.25) is 10.0 Å². The number of methoxy groups -OCH3 is 1. The first kappa shape index (κ1) is 30.5. The summed E-state index contributed by atoms with van der Waals surface area (Å²) in [5, 5.41) is 7.95. The first-order valence-corrected chi connectivity index (χ1v) is 14.6. The normalized spacial score (nSPS) is 11.7. The van der Waals surface area contributed by atoms with E-state index in [4.69, 9.17) is 27.9 Å². The van der Waals surface area contributed by atoms with E-state index in [1.165, 1.54) is 43.8 Å². The molecular formula is C29H24Cl2N4O6S. The summed E-state index contributed by atoms with van der Waals surface area (Å²) in [6.07, 6.45) is 2.66. The summed E-state index contributed by atoms with van der Waals surface area (Å²) in [6.45, 7) is 0. The lowest BCUT2D eigenvalue weighted by Gasteiger charge is -2.18. The number of ether oxygens (including phenoxy) is 1. The van der Waals surface area contributed by atoms with Crippen LogP contribution in [0.5, 0.6) is 0 Å². The third-order valence-corrected chi connectivity index (χ3v) is 8.40. The number of hydrogen-bond acceptors (Lipinski definition) is 7. The number of carbonyl (C=O) groups excluding carboxylic acids is 3. The van der Waals surface area contributed by atoms with Crippen molar-refractivity contribution in [3.05, 3.63) is 112 Å². The summed E-state index contributed by atoms with van der Waals surface area (Å²) in [6, 6.07) is 18.4. The van der Waals surface area contributed by atoms with Crippen LogP contribution in [0.1, 0.15) is 15.9 Å². The standard InChI is InChI=1S/C29H24Cl2N4O6S/c1-41-28(37)24(15-18-11-13-19(14-12-18)33-27(36)26-21(30)16-32-17-22(26)31)35-29(38)34-23-9-5-6-10-25(23)42(39,40)20-7-3-2-4-8-20/h2-14,16-17,24H,15H2,1H3,(H,33,36)(H2,34,35,38). The predicted molar refractivity (Wildman–Crippen MR) is 159 cm³/mol. The zero-order valence-electron chi connectivity index (χ0n) is 22.0. The van der Waals surface area contributed by atoms with Crippen LogP contribution >= 0.6 is 23.2 Å². The highest BCUT2D eigenvalue weighted by molar-refractivity contribution is 7.91. The highest BCUT2D eigenvalue weighted by Gasteiger charge is 2.25. The van der Waals surface area contributed by atoms with Gasteiger partial charge in [0.05, 0.1) is 38.2 Å². The number of hydrogen-bond donors (Lipinski definition) is 3. The van der Waals surface area contributed by atoms with Crippen LogP contribution in [0.25, 0.3) is 0 Å². The second-order valence-electron chi connectivity index (χ2n) is 8.82. The number of nitrogens with zero attached hydrogens (tertiary/aromatic N) is 1. The van der Waals surface area contributed by atoms with Crippen molar-refractivity contribution >= 4 is 62.3 Å². The number of sulfone groups is 1. The van der Waals surface area contributed by atoms with Gasteiger partial charge in [-0.1, -0.05) is 65.7 Å². The largest absolute Gasteiger partial charge is 0.467 e. The Labute approximate surface area is 251 Å². The molecule has 0 radical (unpaired) electrons. The SMILES string of the molecule is COC(=O)C(Cc1ccc(NC(=O)c2c(Cl)cncc2Cl)cc1)NC(=O)Nc1ccccc1S(=O)(=O)c1ccccc1. The summed E-state index contributed by atoms with van der Waals surface area (Å²) < 4.78 is 31.2. The molecular weight excluding hydrogens is 603 g/mol. The Morgan fingerprint density at radius 3 is 2.12 bits per heavy atom. The van der Waals surface area contributed by atoms with Crippen molar-refractivity contribution < 1.29 is 27.5 Å². The minimum Gasteiger partial charge on any atom is -0.467 e. The zero-order valence-corrected chi connectivity index (χ0v) is 24.3. The minimum absolute atomic E-state index is 0.0389. The topological polar surface area (TPSA) is 144 Å². The van der Waals surface area contributed by atoms with E-state index in [-0.39, 0.29) is 37.5 Å². The quantitative estimate of drug-likeness (QED) is 0.212. The van der Waals surface area contributed by atoms with Gasteiger partial charge in [0.2, 0.25) is 9.84 Å². The Hall–Kier alpha value is -4.45. The molecule has 0 aliphatic carbocycles. The minimum atomic E-state index is -3.93. The molecule has 13 heteroatoms. The number of nitrogens with one attached hydrogen (secondary N) is 3. The first-order chi connectivity index (χ1) is 20.1. The molecule has 1 atom stereocenters. The molecule has 1 heterocycles. The Morgan fingerprint density at radius 2 is 1.48 bits per heavy atom. The van der Waals surface area contributed by atoms with Crippen molar-refractivity contribution in [2.45, 2.75) is 22.3 Å². The lowest BCUT2D eigenvalue weighted by Crippen LogP contribution is -2.45. The maximum atomic E-state index is 13.2. The number of carbonyl (C=O) groups is 3. The number of anilines is 2. The number of pyridine rings is 1. The monoisotopic (exact) mass is 626 g/mol. The molecule has 0 fully saturated rings. The number of aromatic nitrogens is 1. The Balaban J connectivity index is 1.45. The molecule has 216 valence electrons. The van der Waals surface area contributed by atoms with Gasteiger partial charge >= 0.3 is 12.0 Å². The van der Waals surface area contributed by atoms with Crippen LogP contribution in [0.15, 0.2) is 101 Å². The molecule has 10 nitrogen and oxygen atoms in total. The fraction of sp³-hybridized carbons (Fsp3) is 0.103. The first-order valence-electron chi connectivity index (χ1n) is 12.3. The number of rotatable bonds is 9. The molecule has 3 amide bonds. The van der Waals surface area contributed by atoms with Gasteiger partial charge in [0.25, 0.3) is 5.91 Å². The van der Waals surface area contributed by atoms with E-state index in [2.05, 4.69) is 20.9 Å². The second-order valence-corrected chi connectivity index (χ2v) is 11.6. The lowest BCUT2D eigenvalue weighted by molar-refractivity contribution is -0.142. The average Bonchev–Trinajstić information content (AvgIpc) is 2.98. The molecule has 0 spiro atoms. The lowest BCUT2D eigenvalue weighted by atomic mass is 10.1. The third-order valence-electron chi connectivity index (χ3n) is 6.00. The maximum Gasteiger partial charge on any atom is 0.328 e. The van der Waals surface area contributed by atoms with Gasteiger partial charge in [-0.15, -0.1) is 0 Å². The van der Waals surface area contributed by atoms with Crippen molar-refractivity contribution in [2.24, 2.45) is 0 Å². The molecule has 42 heavy (non-hydrogen) atoms. The van der Waals surface area contributed by atoms with Crippen molar-refractivity contribution in [1.82, 2.24) is 10.3 Å². The van der Waals surface area contributed by atoms with Gasteiger partial charge in [0.1, 0.15) is 6.04 Å². The Bertz CT molecular complexity index is 1700. The van der Waals surface area contributed by atoms with Crippen LogP contribution < -0.4 is 16.0 Å². The molecule has 0 aliphatic heterocycles. The van der Waals surface area contributed by atoms with Gasteiger partial charge in [-0.3, -0.25) is 9.78 Å². The summed E-state index contributed by atoms with van der Waals surface area (Å²) >= 11 is 12.1. The fourth-order valence-corrected chi connectivity index (χ4v) is 5.94. The molecule has 0 saturated heterocycles. The van der Waals surface area contributed by atoms with E-state index >= 15 is 0 Å². The van der Waals surface area contributed by atoms with Crippen LogP contribution in [-0.2, 0) is 25.8 Å². The molecule has 1 aromatic heterocycles. The van der Waals surface area contributed by atoms with Crippen molar-refractivity contribution in [3.63, 3.8) is 0 Å². The van der Waals surface area contributed by atoms with E-state index in [0.29, 0.717) is 11.3 Å². The summed E-state index contributed by atoms with van der Waals surface area (Å²) in [5.74, 6) is -1.24.